The van der Waals surface area contributed by atoms with Crippen LogP contribution < -0.4 is 15.4 Å². The molecule has 0 saturated heterocycles. The fraction of sp³-hybridized carbons (Fsp3) is 0.188. The Hall–Kier alpha value is -3.49. The second-order valence-corrected chi connectivity index (χ2v) is 4.95. The maximum Gasteiger partial charge on any atom is 0.319 e. The predicted molar refractivity (Wildman–Crippen MR) is 89.0 cm³/mol. The topological polar surface area (TPSA) is 115 Å². The molecule has 25 heavy (non-hydrogen) atoms. The maximum atomic E-state index is 11.8. The maximum absolute atomic E-state index is 11.8. The van der Waals surface area contributed by atoms with Crippen molar-refractivity contribution in [3.8, 4) is 17.5 Å². The Labute approximate surface area is 143 Å². The molecule has 9 nitrogen and oxygen atoms in total. The van der Waals surface area contributed by atoms with E-state index in [0.717, 1.165) is 0 Å². The highest BCUT2D eigenvalue weighted by Gasteiger charge is 2.10. The lowest BCUT2D eigenvalue weighted by molar-refractivity contribution is 0.252. The van der Waals surface area contributed by atoms with Gasteiger partial charge in [0.1, 0.15) is 5.69 Å². The number of pyridine rings is 2. The zero-order valence-corrected chi connectivity index (χ0v) is 13.5. The van der Waals surface area contributed by atoms with E-state index in [1.807, 2.05) is 12.1 Å². The highest BCUT2D eigenvalue weighted by atomic mass is 16.5. The molecule has 2 N–H and O–H groups in total. The summed E-state index contributed by atoms with van der Waals surface area (Å²) in [6.07, 6.45) is 3.60. The molecular formula is C16H16N6O3. The number of methoxy groups -OCH3 is 1. The van der Waals surface area contributed by atoms with Crippen molar-refractivity contribution in [3.63, 3.8) is 0 Å². The Kier molecular flexibility index (Phi) is 5.15. The van der Waals surface area contributed by atoms with Crippen LogP contribution in [-0.4, -0.2) is 39.8 Å². The molecule has 0 atom stereocenters. The molecular weight excluding hydrogens is 324 g/mol. The van der Waals surface area contributed by atoms with Gasteiger partial charge >= 0.3 is 6.03 Å². The van der Waals surface area contributed by atoms with Crippen LogP contribution in [0.5, 0.6) is 5.88 Å². The molecule has 0 spiro atoms. The Balaban J connectivity index is 1.46. The van der Waals surface area contributed by atoms with Crippen molar-refractivity contribution in [2.45, 2.75) is 6.42 Å². The Morgan fingerprint density at radius 3 is 2.88 bits per heavy atom. The molecule has 0 aromatic carbocycles. The van der Waals surface area contributed by atoms with Crippen LogP contribution in [0.1, 0.15) is 5.82 Å². The number of anilines is 1. The molecule has 9 heteroatoms. The fourth-order valence-electron chi connectivity index (χ4n) is 1.99. The van der Waals surface area contributed by atoms with E-state index < -0.39 is 0 Å². The van der Waals surface area contributed by atoms with Crippen LogP contribution in [0.25, 0.3) is 11.6 Å². The normalized spacial score (nSPS) is 10.3. The van der Waals surface area contributed by atoms with Crippen LogP contribution in [0, 0.1) is 0 Å². The van der Waals surface area contributed by atoms with Crippen LogP contribution in [0.2, 0.25) is 0 Å². The number of amides is 2. The minimum atomic E-state index is -0.347. The van der Waals surface area contributed by atoms with Gasteiger partial charge in [0, 0.05) is 25.2 Å². The monoisotopic (exact) mass is 340 g/mol. The molecule has 0 fully saturated rings. The van der Waals surface area contributed by atoms with Gasteiger partial charge in [-0.3, -0.25) is 4.98 Å². The summed E-state index contributed by atoms with van der Waals surface area (Å²) in [6.45, 7) is 0.358. The zero-order valence-electron chi connectivity index (χ0n) is 13.5. The number of carbonyl (C=O) groups is 1. The van der Waals surface area contributed by atoms with E-state index in [9.17, 15) is 4.79 Å². The number of carbonyl (C=O) groups excluding carboxylic acids is 1. The zero-order chi connectivity index (χ0) is 17.5. The van der Waals surface area contributed by atoms with Crippen LogP contribution in [0.4, 0.5) is 10.5 Å². The molecule has 0 saturated carbocycles. The minimum Gasteiger partial charge on any atom is -0.481 e. The first-order chi connectivity index (χ1) is 12.2. The fourth-order valence-corrected chi connectivity index (χ4v) is 1.99. The number of rotatable bonds is 6. The molecule has 0 bridgehead atoms. The number of hydrogen-bond donors (Lipinski definition) is 2. The number of ether oxygens (including phenoxy) is 1. The summed E-state index contributed by atoms with van der Waals surface area (Å²) >= 11 is 0. The SMILES string of the molecule is COc1ccc(NC(=O)NCCc2noc(-c3ccccn3)n2)cn1. The van der Waals surface area contributed by atoms with Gasteiger partial charge in [-0.2, -0.15) is 4.98 Å². The molecule has 3 aromatic rings. The summed E-state index contributed by atoms with van der Waals surface area (Å²) in [6, 6.07) is 8.44. The summed E-state index contributed by atoms with van der Waals surface area (Å²) in [7, 11) is 1.53. The van der Waals surface area contributed by atoms with E-state index in [2.05, 4.69) is 30.7 Å². The van der Waals surface area contributed by atoms with Crippen molar-refractivity contribution in [1.82, 2.24) is 25.4 Å². The van der Waals surface area contributed by atoms with Crippen molar-refractivity contribution >= 4 is 11.7 Å². The lowest BCUT2D eigenvalue weighted by Crippen LogP contribution is -2.30. The van der Waals surface area contributed by atoms with Crippen molar-refractivity contribution in [2.75, 3.05) is 19.0 Å². The third kappa shape index (κ3) is 4.50. The summed E-state index contributed by atoms with van der Waals surface area (Å²) < 4.78 is 10.1. The molecule has 0 unspecified atom stereocenters. The number of aromatic nitrogens is 4. The van der Waals surface area contributed by atoms with Gasteiger partial charge in [0.15, 0.2) is 5.82 Å². The van der Waals surface area contributed by atoms with Gasteiger partial charge in [0.05, 0.1) is 19.0 Å². The number of nitrogens with zero attached hydrogens (tertiary/aromatic N) is 4. The molecule has 0 radical (unpaired) electrons. The average molecular weight is 340 g/mol. The van der Waals surface area contributed by atoms with E-state index >= 15 is 0 Å². The van der Waals surface area contributed by atoms with Gasteiger partial charge in [-0.25, -0.2) is 9.78 Å². The summed E-state index contributed by atoms with van der Waals surface area (Å²) in [5, 5.41) is 9.25. The highest BCUT2D eigenvalue weighted by Crippen LogP contribution is 2.13. The first-order valence-electron chi connectivity index (χ1n) is 7.53. The Morgan fingerprint density at radius 1 is 1.24 bits per heavy atom. The number of urea groups is 1. The second kappa shape index (κ2) is 7.86. The third-order valence-electron chi connectivity index (χ3n) is 3.19. The summed E-state index contributed by atoms with van der Waals surface area (Å²) in [4.78, 5) is 24.2. The van der Waals surface area contributed by atoms with E-state index in [1.165, 1.54) is 13.3 Å². The van der Waals surface area contributed by atoms with E-state index in [-0.39, 0.29) is 6.03 Å². The van der Waals surface area contributed by atoms with E-state index in [1.54, 1.807) is 24.4 Å². The molecule has 3 heterocycles. The Bertz CT molecular complexity index is 819. The molecule has 0 aliphatic carbocycles. The van der Waals surface area contributed by atoms with Crippen molar-refractivity contribution in [1.29, 1.82) is 0 Å². The molecule has 0 aliphatic heterocycles. The Morgan fingerprint density at radius 2 is 2.16 bits per heavy atom. The summed E-state index contributed by atoms with van der Waals surface area (Å²) in [5.41, 5.74) is 1.18. The first-order valence-corrected chi connectivity index (χ1v) is 7.53. The summed E-state index contributed by atoms with van der Waals surface area (Å²) in [5.74, 6) is 1.32. The van der Waals surface area contributed by atoms with Gasteiger partial charge in [0.2, 0.25) is 5.88 Å². The van der Waals surface area contributed by atoms with Gasteiger partial charge in [-0.05, 0) is 18.2 Å². The predicted octanol–water partition coefficient (Wildman–Crippen LogP) is 1.90. The molecule has 3 rings (SSSR count). The largest absolute Gasteiger partial charge is 0.481 e. The van der Waals surface area contributed by atoms with Gasteiger partial charge < -0.3 is 19.9 Å². The third-order valence-corrected chi connectivity index (χ3v) is 3.19. The van der Waals surface area contributed by atoms with Crippen molar-refractivity contribution in [3.05, 3.63) is 48.5 Å². The van der Waals surface area contributed by atoms with Gasteiger partial charge in [0.25, 0.3) is 5.89 Å². The van der Waals surface area contributed by atoms with E-state index in [0.29, 0.717) is 41.9 Å². The average Bonchev–Trinajstić information content (AvgIpc) is 3.12. The smallest absolute Gasteiger partial charge is 0.319 e. The van der Waals surface area contributed by atoms with Gasteiger partial charge in [-0.1, -0.05) is 11.2 Å². The molecule has 3 aromatic heterocycles. The van der Waals surface area contributed by atoms with Crippen molar-refractivity contribution < 1.29 is 14.1 Å². The first kappa shape index (κ1) is 16.4. The second-order valence-electron chi connectivity index (χ2n) is 4.95. The van der Waals surface area contributed by atoms with Crippen LogP contribution in [0.3, 0.4) is 0 Å². The lowest BCUT2D eigenvalue weighted by Gasteiger charge is -2.06. The molecule has 0 aliphatic rings. The van der Waals surface area contributed by atoms with Crippen LogP contribution in [-0.2, 0) is 6.42 Å². The highest BCUT2D eigenvalue weighted by molar-refractivity contribution is 5.88. The van der Waals surface area contributed by atoms with Crippen molar-refractivity contribution in [2.24, 2.45) is 0 Å². The number of hydrogen-bond acceptors (Lipinski definition) is 7. The standard InChI is InChI=1S/C16H16N6O3/c1-24-14-6-5-11(10-19-14)20-16(23)18-9-7-13-21-15(25-22-13)12-4-2-3-8-17-12/h2-6,8,10H,7,9H2,1H3,(H2,18,20,23). The lowest BCUT2D eigenvalue weighted by atomic mass is 10.3. The molecule has 128 valence electrons. The van der Waals surface area contributed by atoms with Gasteiger partial charge in [-0.15, -0.1) is 0 Å². The van der Waals surface area contributed by atoms with Crippen LogP contribution >= 0.6 is 0 Å². The molecule has 2 amide bonds. The van der Waals surface area contributed by atoms with Crippen LogP contribution in [0.15, 0.2) is 47.2 Å². The quantitative estimate of drug-likeness (QED) is 0.704. The minimum absolute atomic E-state index is 0.347. The number of nitrogens with one attached hydrogen (secondary N) is 2. The van der Waals surface area contributed by atoms with E-state index in [4.69, 9.17) is 9.26 Å².